The van der Waals surface area contributed by atoms with Crippen LogP contribution in [0.3, 0.4) is 0 Å². The van der Waals surface area contributed by atoms with Gasteiger partial charge in [-0.05, 0) is 124 Å². The van der Waals surface area contributed by atoms with E-state index in [9.17, 15) is 47.9 Å². The Balaban J connectivity index is 1.60. The van der Waals surface area contributed by atoms with Gasteiger partial charge < -0.3 is 69.1 Å². The van der Waals surface area contributed by atoms with Gasteiger partial charge in [-0.1, -0.05) is 130 Å². The smallest absolute Gasteiger partial charge is 0.246 e. The molecule has 3 saturated heterocycles. The minimum atomic E-state index is -1.24. The van der Waals surface area contributed by atoms with E-state index in [-0.39, 0.29) is 115 Å². The molecule has 24 nitrogen and oxygen atoms in total. The fourth-order valence-corrected chi connectivity index (χ4v) is 11.8. The van der Waals surface area contributed by atoms with Crippen molar-refractivity contribution in [2.24, 2.45) is 41.1 Å². The molecule has 0 saturated carbocycles. The van der Waals surface area contributed by atoms with Gasteiger partial charge in [0, 0.05) is 25.9 Å². The maximum absolute atomic E-state index is 15.0. The van der Waals surface area contributed by atoms with Crippen LogP contribution in [0.4, 0.5) is 0 Å². The molecule has 0 unspecified atom stereocenters. The molecule has 2 aromatic rings. The molecule has 0 aromatic heterocycles. The molecule has 498 valence electrons. The normalized spacial score (nSPS) is 26.5. The standard InChI is InChI=1S/C66H103N13O11/c1-38(2)33-47-58(82)73-49(35-40(5)6)60(84)75-51(37-44-23-15-12-16-24-44)66(90)79-32-20-28-53(79)62(86)77-55(42(9)10)64(88)70-46(26-18-30-68)57(81)72-48(34-39(3)4)59(83)74-50(36-43-21-13-11-14-22-43)65(89)78-31-19-27-52(78)61(85)76-54(41(7)8)63(87)69-45(25-17-29-67)56(80)71-47/h11-16,21-24,38-42,45-55H,17-20,25-37,67-68H2,1-10H3,(H,69,87)(H,70,88)(H,71,80)(H,72,81)(H,73,82)(H,74,83)(H,75,84)(H,76,85)(H,77,86)/t45-,46-,47+,48-,49-,50+,51+,52-,53-,54-,55-/m0/s1. The van der Waals surface area contributed by atoms with Gasteiger partial charge in [0.25, 0.3) is 0 Å². The molecule has 0 aliphatic carbocycles. The molecule has 2 aromatic carbocycles. The number of hydrogen-bond donors (Lipinski definition) is 11. The van der Waals surface area contributed by atoms with Crippen LogP contribution in [0.2, 0.25) is 0 Å². The van der Waals surface area contributed by atoms with E-state index in [1.807, 2.05) is 53.7 Å². The number of nitrogens with two attached hydrogens (primary N) is 2. The Morgan fingerprint density at radius 3 is 0.956 bits per heavy atom. The van der Waals surface area contributed by atoms with Crippen molar-refractivity contribution >= 4 is 65.0 Å². The minimum absolute atomic E-state index is 0.00758. The maximum atomic E-state index is 15.0. The van der Waals surface area contributed by atoms with Crippen LogP contribution in [0, 0.1) is 29.6 Å². The first kappa shape index (κ1) is 73.3. The molecule has 0 bridgehead atoms. The molecule has 13 N–H and O–H groups in total. The zero-order valence-corrected chi connectivity index (χ0v) is 54.6. The van der Waals surface area contributed by atoms with Crippen LogP contribution in [0.1, 0.15) is 151 Å². The average molecular weight is 1250 g/mol. The molecule has 3 aliphatic rings. The van der Waals surface area contributed by atoms with E-state index in [2.05, 4.69) is 47.9 Å². The number of nitrogens with zero attached hydrogens (tertiary/aromatic N) is 2. The molecule has 90 heavy (non-hydrogen) atoms. The highest BCUT2D eigenvalue weighted by Gasteiger charge is 2.44. The van der Waals surface area contributed by atoms with Gasteiger partial charge in [0.1, 0.15) is 66.5 Å². The molecular weight excluding hydrogens is 1150 g/mol. The number of amides is 11. The van der Waals surface area contributed by atoms with Crippen molar-refractivity contribution in [2.75, 3.05) is 26.2 Å². The Bertz CT molecular complexity index is 2750. The van der Waals surface area contributed by atoms with Crippen LogP contribution in [-0.2, 0) is 65.6 Å². The summed E-state index contributed by atoms with van der Waals surface area (Å²) < 4.78 is 0. The number of hydrogen-bond acceptors (Lipinski definition) is 13. The first-order valence-corrected chi connectivity index (χ1v) is 32.5. The second-order valence-electron chi connectivity index (χ2n) is 26.4. The lowest BCUT2D eigenvalue weighted by atomic mass is 9.98. The highest BCUT2D eigenvalue weighted by Crippen LogP contribution is 2.24. The van der Waals surface area contributed by atoms with Gasteiger partial charge >= 0.3 is 0 Å². The van der Waals surface area contributed by atoms with Crippen LogP contribution in [0.25, 0.3) is 0 Å². The van der Waals surface area contributed by atoms with Crippen molar-refractivity contribution in [1.29, 1.82) is 0 Å². The van der Waals surface area contributed by atoms with E-state index in [1.165, 1.54) is 9.80 Å². The molecule has 24 heteroatoms. The lowest BCUT2D eigenvalue weighted by molar-refractivity contribution is -0.143. The van der Waals surface area contributed by atoms with Crippen LogP contribution < -0.4 is 59.3 Å². The van der Waals surface area contributed by atoms with Crippen LogP contribution in [0.5, 0.6) is 0 Å². The highest BCUT2D eigenvalue weighted by atomic mass is 16.2. The minimum Gasteiger partial charge on any atom is -0.343 e. The maximum Gasteiger partial charge on any atom is 0.246 e. The predicted octanol–water partition coefficient (Wildman–Crippen LogP) is 1.76. The summed E-state index contributed by atoms with van der Waals surface area (Å²) in [6.07, 6.45) is 2.36. The SMILES string of the molecule is CC(C)C[C@@H]1NC(=O)[C@H](CCCN)NC(=O)[C@H](C(C)C)NC(=O)[C@@H]2CCCN2C(=O)[C@@H](Cc2ccccc2)NC(=O)[C@H](CC(C)C)NC(=O)[C@@H](CC(C)C)NC(=O)[C@H](CCCN)NC(=O)[C@H](C(C)C)NC(=O)[C@@H]2CCCN2C(=O)[C@@H](Cc2ccccc2)NC1=O. The number of nitrogens with one attached hydrogen (secondary N) is 9. The van der Waals surface area contributed by atoms with Crippen LogP contribution >= 0.6 is 0 Å². The zero-order chi connectivity index (χ0) is 66.4. The Morgan fingerprint density at radius 1 is 0.378 bits per heavy atom. The van der Waals surface area contributed by atoms with Gasteiger partial charge in [0.2, 0.25) is 65.0 Å². The molecule has 0 radical (unpaired) electrons. The summed E-state index contributed by atoms with van der Waals surface area (Å²) in [6.45, 7) is 18.6. The Kier molecular flexibility index (Phi) is 29.1. The summed E-state index contributed by atoms with van der Waals surface area (Å²) in [7, 11) is 0. The van der Waals surface area contributed by atoms with E-state index in [0.29, 0.717) is 24.0 Å². The predicted molar refractivity (Wildman–Crippen MR) is 342 cm³/mol. The topological polar surface area (TPSA) is 355 Å². The van der Waals surface area contributed by atoms with Crippen LogP contribution in [-0.4, -0.2) is 167 Å². The third-order valence-corrected chi connectivity index (χ3v) is 16.6. The Labute approximate surface area is 531 Å². The summed E-state index contributed by atoms with van der Waals surface area (Å²) in [6, 6.07) is 4.78. The van der Waals surface area contributed by atoms with Crippen molar-refractivity contribution in [3.05, 3.63) is 71.8 Å². The number of benzene rings is 2. The number of carbonyl (C=O) groups excluding carboxylic acids is 11. The average Bonchev–Trinajstić information content (AvgIpc) is 2.65. The first-order valence-electron chi connectivity index (χ1n) is 32.5. The molecule has 3 aliphatic heterocycles. The summed E-state index contributed by atoms with van der Waals surface area (Å²) in [5.41, 5.74) is 13.3. The molecular formula is C66H103N13O11. The first-order chi connectivity index (χ1) is 42.7. The lowest BCUT2D eigenvalue weighted by Crippen LogP contribution is -2.61. The van der Waals surface area contributed by atoms with Crippen molar-refractivity contribution in [2.45, 2.75) is 219 Å². The van der Waals surface area contributed by atoms with Gasteiger partial charge in [0.05, 0.1) is 0 Å². The van der Waals surface area contributed by atoms with Gasteiger partial charge in [-0.15, -0.1) is 0 Å². The Hall–Kier alpha value is -7.47. The summed E-state index contributed by atoms with van der Waals surface area (Å²) in [5.74, 6) is -8.87. The molecule has 11 atom stereocenters. The summed E-state index contributed by atoms with van der Waals surface area (Å²) in [4.78, 5) is 164. The second-order valence-corrected chi connectivity index (χ2v) is 26.4. The molecule has 3 heterocycles. The monoisotopic (exact) mass is 1250 g/mol. The third kappa shape index (κ3) is 21.9. The van der Waals surface area contributed by atoms with Crippen molar-refractivity contribution in [3.63, 3.8) is 0 Å². The summed E-state index contributed by atoms with van der Waals surface area (Å²) in [5, 5.41) is 25.7. The van der Waals surface area contributed by atoms with Crippen molar-refractivity contribution < 1.29 is 52.7 Å². The zero-order valence-electron chi connectivity index (χ0n) is 54.6. The second kappa shape index (κ2) is 35.8. The van der Waals surface area contributed by atoms with Crippen LogP contribution in [0.15, 0.2) is 60.7 Å². The van der Waals surface area contributed by atoms with Gasteiger partial charge in [-0.25, -0.2) is 0 Å². The lowest BCUT2D eigenvalue weighted by Gasteiger charge is -2.32. The Morgan fingerprint density at radius 2 is 0.667 bits per heavy atom. The number of carbonyl (C=O) groups is 11. The fraction of sp³-hybridized carbons (Fsp3) is 0.652. The third-order valence-electron chi connectivity index (χ3n) is 16.6. The van der Waals surface area contributed by atoms with Gasteiger partial charge in [-0.3, -0.25) is 52.7 Å². The largest absolute Gasteiger partial charge is 0.343 e. The van der Waals surface area contributed by atoms with E-state index >= 15 is 4.79 Å². The van der Waals surface area contributed by atoms with Crippen molar-refractivity contribution in [3.8, 4) is 0 Å². The number of rotatable bonds is 18. The summed E-state index contributed by atoms with van der Waals surface area (Å²) >= 11 is 0. The van der Waals surface area contributed by atoms with Gasteiger partial charge in [0.15, 0.2) is 0 Å². The molecule has 0 spiro atoms. The van der Waals surface area contributed by atoms with E-state index in [1.54, 1.807) is 76.2 Å². The number of fused-ring (bicyclic) bond motifs is 2. The molecule has 5 rings (SSSR count). The molecule has 11 amide bonds. The molecule has 3 fully saturated rings. The van der Waals surface area contributed by atoms with Gasteiger partial charge in [-0.2, -0.15) is 0 Å². The van der Waals surface area contributed by atoms with E-state index in [0.717, 1.165) is 0 Å². The fourth-order valence-electron chi connectivity index (χ4n) is 11.8. The quantitative estimate of drug-likeness (QED) is 0.102. The highest BCUT2D eigenvalue weighted by molar-refractivity contribution is 6.00. The van der Waals surface area contributed by atoms with E-state index in [4.69, 9.17) is 11.5 Å². The van der Waals surface area contributed by atoms with Crippen molar-refractivity contribution in [1.82, 2.24) is 57.7 Å². The van der Waals surface area contributed by atoms with E-state index < -0.39 is 143 Å².